The van der Waals surface area contributed by atoms with E-state index in [9.17, 15) is 5.11 Å². The molecule has 1 aliphatic heterocycles. The highest BCUT2D eigenvalue weighted by Gasteiger charge is 2.25. The minimum atomic E-state index is -0.432. The normalized spacial score (nSPS) is 19.0. The molecular weight excluding hydrogens is 266 g/mol. The summed E-state index contributed by atoms with van der Waals surface area (Å²) in [6.07, 6.45) is 0.729. The highest BCUT2D eigenvalue weighted by atomic mass is 16.5. The molecular formula is C17H27NO3. The maximum atomic E-state index is 9.80. The van der Waals surface area contributed by atoms with Crippen LogP contribution < -0.4 is 14.8 Å². The molecule has 2 atom stereocenters. The number of fused-ring (bicyclic) bond motifs is 1. The molecule has 0 fully saturated rings. The van der Waals surface area contributed by atoms with Gasteiger partial charge in [0.25, 0.3) is 0 Å². The van der Waals surface area contributed by atoms with Gasteiger partial charge in [-0.1, -0.05) is 0 Å². The van der Waals surface area contributed by atoms with Crippen LogP contribution in [0.1, 0.15) is 45.7 Å². The summed E-state index contributed by atoms with van der Waals surface area (Å²) in [4.78, 5) is 0. The zero-order valence-corrected chi connectivity index (χ0v) is 13.7. The second-order valence-electron chi connectivity index (χ2n) is 6.38. The van der Waals surface area contributed by atoms with Crippen LogP contribution in [0.5, 0.6) is 11.5 Å². The molecule has 1 aromatic rings. The van der Waals surface area contributed by atoms with Crippen molar-refractivity contribution in [2.75, 3.05) is 6.61 Å². The molecule has 1 aliphatic rings. The summed E-state index contributed by atoms with van der Waals surface area (Å²) >= 11 is 0. The molecule has 0 aliphatic carbocycles. The zero-order valence-electron chi connectivity index (χ0n) is 13.7. The highest BCUT2D eigenvalue weighted by Crippen LogP contribution is 2.35. The molecule has 0 amide bonds. The topological polar surface area (TPSA) is 50.7 Å². The molecule has 4 nitrogen and oxygen atoms in total. The van der Waals surface area contributed by atoms with Gasteiger partial charge in [0.1, 0.15) is 17.6 Å². The summed E-state index contributed by atoms with van der Waals surface area (Å²) in [7, 11) is 0. The van der Waals surface area contributed by atoms with Crippen molar-refractivity contribution in [1.82, 2.24) is 5.32 Å². The lowest BCUT2D eigenvalue weighted by Gasteiger charge is -2.30. The summed E-state index contributed by atoms with van der Waals surface area (Å²) in [5, 5.41) is 13.2. The first-order chi connectivity index (χ1) is 9.83. The number of hydrogen-bond acceptors (Lipinski definition) is 4. The Bertz CT molecular complexity index is 497. The lowest BCUT2D eigenvalue weighted by Crippen LogP contribution is -2.47. The molecule has 0 aromatic heterocycles. The third-order valence-corrected chi connectivity index (χ3v) is 4.16. The van der Waals surface area contributed by atoms with E-state index in [1.54, 1.807) is 6.92 Å². The Morgan fingerprint density at radius 2 is 2.19 bits per heavy atom. The fraction of sp³-hybridized carbons (Fsp3) is 0.647. The van der Waals surface area contributed by atoms with E-state index in [2.05, 4.69) is 24.4 Å². The van der Waals surface area contributed by atoms with E-state index in [-0.39, 0.29) is 11.6 Å². The largest absolute Gasteiger partial charge is 0.494 e. The maximum Gasteiger partial charge on any atom is 0.124 e. The van der Waals surface area contributed by atoms with Crippen LogP contribution in [-0.2, 0) is 13.0 Å². The quantitative estimate of drug-likeness (QED) is 0.846. The third kappa shape index (κ3) is 3.69. The van der Waals surface area contributed by atoms with Crippen LogP contribution in [0.3, 0.4) is 0 Å². The van der Waals surface area contributed by atoms with Crippen LogP contribution in [0.2, 0.25) is 0 Å². The molecule has 0 bridgehead atoms. The Morgan fingerprint density at radius 3 is 2.81 bits per heavy atom. The summed E-state index contributed by atoms with van der Waals surface area (Å²) in [5.41, 5.74) is 1.93. The standard InChI is InChI=1S/C17H27NO3/c1-6-20-15-8-13-7-11(2)21-16(13)9-14(15)10-18-17(4,5)12(3)19/h8-9,11-12,18-19H,6-7,10H2,1-5H3. The van der Waals surface area contributed by atoms with E-state index >= 15 is 0 Å². The Hall–Kier alpha value is -1.26. The monoisotopic (exact) mass is 293 g/mol. The van der Waals surface area contributed by atoms with Crippen LogP contribution >= 0.6 is 0 Å². The Labute approximate surface area is 127 Å². The SMILES string of the molecule is CCOc1cc2c(cc1CNC(C)(C)C(C)O)OC(C)C2. The summed E-state index contributed by atoms with van der Waals surface area (Å²) in [6, 6.07) is 4.16. The van der Waals surface area contributed by atoms with Crippen molar-refractivity contribution in [2.45, 2.75) is 65.3 Å². The molecule has 4 heteroatoms. The van der Waals surface area contributed by atoms with Gasteiger partial charge in [-0.25, -0.2) is 0 Å². The fourth-order valence-electron chi connectivity index (χ4n) is 2.38. The predicted molar refractivity (Wildman–Crippen MR) is 84.0 cm³/mol. The second kappa shape index (κ2) is 6.24. The van der Waals surface area contributed by atoms with Gasteiger partial charge in [-0.3, -0.25) is 0 Å². The number of aliphatic hydroxyl groups is 1. The minimum Gasteiger partial charge on any atom is -0.494 e. The fourth-order valence-corrected chi connectivity index (χ4v) is 2.38. The summed E-state index contributed by atoms with van der Waals surface area (Å²) in [6.45, 7) is 11.1. The Balaban J connectivity index is 2.20. The first-order valence-corrected chi connectivity index (χ1v) is 7.71. The molecule has 0 radical (unpaired) electrons. The van der Waals surface area contributed by atoms with Crippen LogP contribution in [0.15, 0.2) is 12.1 Å². The van der Waals surface area contributed by atoms with Crippen molar-refractivity contribution >= 4 is 0 Å². The second-order valence-corrected chi connectivity index (χ2v) is 6.38. The van der Waals surface area contributed by atoms with E-state index in [1.807, 2.05) is 20.8 Å². The van der Waals surface area contributed by atoms with Gasteiger partial charge in [0.05, 0.1) is 12.7 Å². The number of hydrogen-bond donors (Lipinski definition) is 2. The van der Waals surface area contributed by atoms with E-state index in [4.69, 9.17) is 9.47 Å². The van der Waals surface area contributed by atoms with Gasteiger partial charge in [0.2, 0.25) is 0 Å². The molecule has 21 heavy (non-hydrogen) atoms. The lowest BCUT2D eigenvalue weighted by atomic mass is 9.98. The smallest absolute Gasteiger partial charge is 0.124 e. The van der Waals surface area contributed by atoms with Crippen LogP contribution in [0, 0.1) is 0 Å². The van der Waals surface area contributed by atoms with Gasteiger partial charge in [-0.05, 0) is 46.8 Å². The van der Waals surface area contributed by atoms with Crippen LogP contribution in [0.25, 0.3) is 0 Å². The van der Waals surface area contributed by atoms with Crippen molar-refractivity contribution in [2.24, 2.45) is 0 Å². The molecule has 0 spiro atoms. The first-order valence-electron chi connectivity index (χ1n) is 7.71. The minimum absolute atomic E-state index is 0.228. The summed E-state index contributed by atoms with van der Waals surface area (Å²) in [5.74, 6) is 1.86. The molecule has 0 saturated carbocycles. The maximum absolute atomic E-state index is 9.80. The van der Waals surface area contributed by atoms with Crippen molar-refractivity contribution in [3.63, 3.8) is 0 Å². The van der Waals surface area contributed by atoms with Gasteiger partial charge in [-0.2, -0.15) is 0 Å². The summed E-state index contributed by atoms with van der Waals surface area (Å²) < 4.78 is 11.6. The Morgan fingerprint density at radius 1 is 1.48 bits per heavy atom. The highest BCUT2D eigenvalue weighted by molar-refractivity contribution is 5.48. The van der Waals surface area contributed by atoms with Crippen molar-refractivity contribution < 1.29 is 14.6 Å². The molecule has 1 heterocycles. The van der Waals surface area contributed by atoms with Gasteiger partial charge in [0, 0.05) is 29.6 Å². The number of benzene rings is 1. The predicted octanol–water partition coefficient (Wildman–Crippen LogP) is 2.66. The van der Waals surface area contributed by atoms with Gasteiger partial charge in [0.15, 0.2) is 0 Å². The van der Waals surface area contributed by atoms with Crippen molar-refractivity contribution in [1.29, 1.82) is 0 Å². The average Bonchev–Trinajstić information content (AvgIpc) is 2.75. The number of ether oxygens (including phenoxy) is 2. The Kier molecular flexibility index (Phi) is 4.79. The number of aliphatic hydroxyl groups excluding tert-OH is 1. The average molecular weight is 293 g/mol. The van der Waals surface area contributed by atoms with Crippen molar-refractivity contribution in [3.8, 4) is 11.5 Å². The van der Waals surface area contributed by atoms with E-state index in [0.717, 1.165) is 23.5 Å². The molecule has 0 saturated heterocycles. The number of rotatable bonds is 6. The van der Waals surface area contributed by atoms with E-state index in [1.165, 1.54) is 5.56 Å². The molecule has 2 unspecified atom stereocenters. The van der Waals surface area contributed by atoms with Crippen LogP contribution in [0.4, 0.5) is 0 Å². The van der Waals surface area contributed by atoms with Gasteiger partial charge >= 0.3 is 0 Å². The molecule has 2 rings (SSSR count). The molecule has 1 aromatic carbocycles. The van der Waals surface area contributed by atoms with Gasteiger partial charge < -0.3 is 19.9 Å². The van der Waals surface area contributed by atoms with E-state index in [0.29, 0.717) is 13.2 Å². The van der Waals surface area contributed by atoms with E-state index < -0.39 is 6.10 Å². The molecule has 118 valence electrons. The zero-order chi connectivity index (χ0) is 15.6. The molecule has 2 N–H and O–H groups in total. The third-order valence-electron chi connectivity index (χ3n) is 4.16. The number of nitrogens with one attached hydrogen (secondary N) is 1. The first kappa shape index (κ1) is 16.1. The van der Waals surface area contributed by atoms with Gasteiger partial charge in [-0.15, -0.1) is 0 Å². The lowest BCUT2D eigenvalue weighted by molar-refractivity contribution is 0.0954. The van der Waals surface area contributed by atoms with Crippen molar-refractivity contribution in [3.05, 3.63) is 23.3 Å². The van der Waals surface area contributed by atoms with Crippen LogP contribution in [-0.4, -0.2) is 29.5 Å².